The predicted octanol–water partition coefficient (Wildman–Crippen LogP) is 6.21. The molecule has 0 aromatic heterocycles. The van der Waals surface area contributed by atoms with Crippen molar-refractivity contribution in [2.75, 3.05) is 0 Å². The van der Waals surface area contributed by atoms with Crippen LogP contribution < -0.4 is 0 Å². The van der Waals surface area contributed by atoms with Crippen molar-refractivity contribution in [3.05, 3.63) is 47.0 Å². The zero-order valence-corrected chi connectivity index (χ0v) is 12.6. The molecule has 2 aromatic carbocycles. The van der Waals surface area contributed by atoms with Gasteiger partial charge >= 0.3 is 0 Å². The summed E-state index contributed by atoms with van der Waals surface area (Å²) in [4.78, 5) is 0. The van der Waals surface area contributed by atoms with E-state index in [0.717, 1.165) is 16.3 Å². The average molecular weight is 293 g/mol. The van der Waals surface area contributed by atoms with Gasteiger partial charge in [-0.05, 0) is 35.3 Å². The summed E-state index contributed by atoms with van der Waals surface area (Å²) in [6.07, 6.45) is 3.85. The van der Waals surface area contributed by atoms with Crippen LogP contribution in [0.1, 0.15) is 37.1 Å². The van der Waals surface area contributed by atoms with Gasteiger partial charge in [0.1, 0.15) is 0 Å². The second-order valence-electron chi connectivity index (χ2n) is 5.66. The summed E-state index contributed by atoms with van der Waals surface area (Å²) in [6, 6.07) is 12.4. The molecule has 0 radical (unpaired) electrons. The molecule has 0 aliphatic heterocycles. The fourth-order valence-electron chi connectivity index (χ4n) is 3.37. The minimum atomic E-state index is 0.0969. The van der Waals surface area contributed by atoms with Gasteiger partial charge in [0, 0.05) is 10.4 Å². The molecule has 100 valence electrons. The third kappa shape index (κ3) is 2.37. The number of hydrogen-bond donors (Lipinski definition) is 0. The third-order valence-corrected chi connectivity index (χ3v) is 5.39. The maximum absolute atomic E-state index is 6.80. The van der Waals surface area contributed by atoms with Gasteiger partial charge in [0.2, 0.25) is 0 Å². The van der Waals surface area contributed by atoms with Crippen LogP contribution in [0.3, 0.4) is 0 Å². The Hall–Kier alpha value is -0.720. The number of benzene rings is 2. The van der Waals surface area contributed by atoms with E-state index in [1.165, 1.54) is 30.2 Å². The standard InChI is InChI=1S/C17H18Cl2/c1-11-5-4-8-12(11)17(19)15-9-10-16(18)14-7-3-2-6-13(14)15/h2-3,6-7,9-12,17H,4-5,8H2,1H3. The van der Waals surface area contributed by atoms with Crippen LogP contribution in [0.15, 0.2) is 36.4 Å². The van der Waals surface area contributed by atoms with Gasteiger partial charge in [-0.15, -0.1) is 11.6 Å². The summed E-state index contributed by atoms with van der Waals surface area (Å²) in [6.45, 7) is 2.32. The Morgan fingerprint density at radius 1 is 1.05 bits per heavy atom. The molecule has 1 aliphatic rings. The summed E-state index contributed by atoms with van der Waals surface area (Å²) < 4.78 is 0. The van der Waals surface area contributed by atoms with E-state index in [-0.39, 0.29) is 5.38 Å². The SMILES string of the molecule is CC1CCCC1C(Cl)c1ccc(Cl)c2ccccc12. The number of rotatable bonds is 2. The highest BCUT2D eigenvalue weighted by Gasteiger charge is 2.31. The van der Waals surface area contributed by atoms with Gasteiger partial charge in [-0.1, -0.05) is 61.7 Å². The first-order valence-electron chi connectivity index (χ1n) is 6.99. The normalized spacial score (nSPS) is 24.8. The summed E-state index contributed by atoms with van der Waals surface area (Å²) in [7, 11) is 0. The Morgan fingerprint density at radius 3 is 2.47 bits per heavy atom. The van der Waals surface area contributed by atoms with E-state index in [1.54, 1.807) is 0 Å². The molecule has 0 N–H and O–H groups in total. The van der Waals surface area contributed by atoms with Crippen molar-refractivity contribution in [3.8, 4) is 0 Å². The van der Waals surface area contributed by atoms with Gasteiger partial charge < -0.3 is 0 Å². The zero-order chi connectivity index (χ0) is 13.4. The Balaban J connectivity index is 2.07. The van der Waals surface area contributed by atoms with Crippen molar-refractivity contribution in [3.63, 3.8) is 0 Å². The third-order valence-electron chi connectivity index (χ3n) is 4.51. The molecule has 2 heteroatoms. The Labute approximate surface area is 124 Å². The molecule has 3 atom stereocenters. The molecule has 0 nitrogen and oxygen atoms in total. The van der Waals surface area contributed by atoms with Crippen molar-refractivity contribution < 1.29 is 0 Å². The van der Waals surface area contributed by atoms with Crippen LogP contribution in [0.25, 0.3) is 10.8 Å². The van der Waals surface area contributed by atoms with Gasteiger partial charge in [0.15, 0.2) is 0 Å². The van der Waals surface area contributed by atoms with Crippen LogP contribution in [-0.2, 0) is 0 Å². The Morgan fingerprint density at radius 2 is 1.79 bits per heavy atom. The topological polar surface area (TPSA) is 0 Å². The lowest BCUT2D eigenvalue weighted by atomic mass is 9.88. The molecule has 0 heterocycles. The van der Waals surface area contributed by atoms with Crippen molar-refractivity contribution >= 4 is 34.0 Å². The highest BCUT2D eigenvalue weighted by molar-refractivity contribution is 6.35. The lowest BCUT2D eigenvalue weighted by Crippen LogP contribution is -2.11. The molecule has 1 fully saturated rings. The van der Waals surface area contributed by atoms with Gasteiger partial charge in [-0.3, -0.25) is 0 Å². The molecule has 3 rings (SSSR count). The van der Waals surface area contributed by atoms with Gasteiger partial charge in [-0.25, -0.2) is 0 Å². The molecule has 1 aliphatic carbocycles. The van der Waals surface area contributed by atoms with Crippen LogP contribution >= 0.6 is 23.2 Å². The Kier molecular flexibility index (Phi) is 3.73. The van der Waals surface area contributed by atoms with Crippen molar-refractivity contribution in [2.45, 2.75) is 31.6 Å². The molecular formula is C17H18Cl2. The number of halogens is 2. The lowest BCUT2D eigenvalue weighted by Gasteiger charge is -2.23. The maximum Gasteiger partial charge on any atom is 0.0622 e. The van der Waals surface area contributed by atoms with Crippen LogP contribution in [-0.4, -0.2) is 0 Å². The monoisotopic (exact) mass is 292 g/mol. The van der Waals surface area contributed by atoms with E-state index in [0.29, 0.717) is 5.92 Å². The van der Waals surface area contributed by atoms with Crippen LogP contribution in [0.5, 0.6) is 0 Å². The maximum atomic E-state index is 6.80. The highest BCUT2D eigenvalue weighted by Crippen LogP contribution is 2.45. The molecule has 1 saturated carbocycles. The molecule has 3 unspecified atom stereocenters. The largest absolute Gasteiger partial charge is 0.117 e. The van der Waals surface area contributed by atoms with Crippen molar-refractivity contribution in [1.29, 1.82) is 0 Å². The summed E-state index contributed by atoms with van der Waals surface area (Å²) in [5.74, 6) is 1.31. The van der Waals surface area contributed by atoms with Crippen LogP contribution in [0.2, 0.25) is 5.02 Å². The minimum absolute atomic E-state index is 0.0969. The highest BCUT2D eigenvalue weighted by atomic mass is 35.5. The van der Waals surface area contributed by atoms with E-state index in [1.807, 2.05) is 12.1 Å². The molecule has 0 saturated heterocycles. The molecule has 0 spiro atoms. The van der Waals surface area contributed by atoms with E-state index in [4.69, 9.17) is 23.2 Å². The minimum Gasteiger partial charge on any atom is -0.117 e. The van der Waals surface area contributed by atoms with Gasteiger partial charge in [0.25, 0.3) is 0 Å². The van der Waals surface area contributed by atoms with Crippen LogP contribution in [0.4, 0.5) is 0 Å². The molecule has 19 heavy (non-hydrogen) atoms. The molecule has 0 bridgehead atoms. The second kappa shape index (κ2) is 5.34. The summed E-state index contributed by atoms with van der Waals surface area (Å²) >= 11 is 13.1. The van der Waals surface area contributed by atoms with Crippen molar-refractivity contribution in [2.24, 2.45) is 11.8 Å². The molecular weight excluding hydrogens is 275 g/mol. The first-order chi connectivity index (χ1) is 9.18. The van der Waals surface area contributed by atoms with Gasteiger partial charge in [0.05, 0.1) is 5.38 Å². The van der Waals surface area contributed by atoms with E-state index < -0.39 is 0 Å². The first-order valence-corrected chi connectivity index (χ1v) is 7.81. The fourth-order valence-corrected chi connectivity index (χ4v) is 4.16. The van der Waals surface area contributed by atoms with Gasteiger partial charge in [-0.2, -0.15) is 0 Å². The molecule has 2 aromatic rings. The quantitative estimate of drug-likeness (QED) is 0.577. The first kappa shape index (κ1) is 13.3. The number of hydrogen-bond acceptors (Lipinski definition) is 0. The number of fused-ring (bicyclic) bond motifs is 1. The molecule has 0 amide bonds. The van der Waals surface area contributed by atoms with Crippen LogP contribution in [0, 0.1) is 11.8 Å². The lowest BCUT2D eigenvalue weighted by molar-refractivity contribution is 0.407. The number of alkyl halides is 1. The second-order valence-corrected chi connectivity index (χ2v) is 6.53. The summed E-state index contributed by atoms with van der Waals surface area (Å²) in [5.41, 5.74) is 1.24. The fraction of sp³-hybridized carbons (Fsp3) is 0.412. The van der Waals surface area contributed by atoms with E-state index in [9.17, 15) is 0 Å². The zero-order valence-electron chi connectivity index (χ0n) is 11.1. The van der Waals surface area contributed by atoms with Crippen molar-refractivity contribution in [1.82, 2.24) is 0 Å². The average Bonchev–Trinajstić information content (AvgIpc) is 2.85. The smallest absolute Gasteiger partial charge is 0.0622 e. The predicted molar refractivity (Wildman–Crippen MR) is 84.1 cm³/mol. The van der Waals surface area contributed by atoms with E-state index in [2.05, 4.69) is 31.2 Å². The summed E-state index contributed by atoms with van der Waals surface area (Å²) in [5, 5.41) is 3.22. The Bertz CT molecular complexity index is 591. The van der Waals surface area contributed by atoms with E-state index >= 15 is 0 Å².